The number of benzene rings is 1. The molecular formula is C6HCuN3O8. The third kappa shape index (κ3) is 2.44. The zero-order valence-electron chi connectivity index (χ0n) is 7.99. The fraction of sp³-hybridized carbons (Fsp3) is 0. The van der Waals surface area contributed by atoms with E-state index in [0.29, 0.717) is 0 Å². The smallest absolute Gasteiger partial charge is 0.863 e. The molecule has 0 spiro atoms. The molecule has 0 fully saturated rings. The van der Waals surface area contributed by atoms with E-state index in [1.807, 2.05) is 0 Å². The Bertz CT molecular complexity index is 506. The summed E-state index contributed by atoms with van der Waals surface area (Å²) in [7, 11) is 0. The van der Waals surface area contributed by atoms with Gasteiger partial charge in [0.25, 0.3) is 17.1 Å². The van der Waals surface area contributed by atoms with Crippen molar-refractivity contribution in [3.05, 3.63) is 36.4 Å². The molecule has 1 aromatic rings. The summed E-state index contributed by atoms with van der Waals surface area (Å²) in [5, 5.41) is 53.3. The van der Waals surface area contributed by atoms with Crippen molar-refractivity contribution in [1.29, 1.82) is 0 Å². The molecule has 12 heteroatoms. The van der Waals surface area contributed by atoms with Gasteiger partial charge in [-0.3, -0.25) is 30.3 Å². The van der Waals surface area contributed by atoms with Crippen molar-refractivity contribution < 1.29 is 42.1 Å². The van der Waals surface area contributed by atoms with Gasteiger partial charge in [-0.2, -0.15) is 0 Å². The summed E-state index contributed by atoms with van der Waals surface area (Å²) in [5.41, 5.74) is -4.48. The predicted molar refractivity (Wildman–Crippen MR) is 45.3 cm³/mol. The fourth-order valence-corrected chi connectivity index (χ4v) is 1.04. The van der Waals surface area contributed by atoms with E-state index in [1.165, 1.54) is 0 Å². The molecule has 0 atom stereocenters. The van der Waals surface area contributed by atoms with Crippen molar-refractivity contribution in [2.45, 2.75) is 0 Å². The molecule has 0 amide bonds. The minimum atomic E-state index is -1.75. The molecule has 1 radical (unpaired) electrons. The number of hydrogen-bond donors (Lipinski definition) is 0. The van der Waals surface area contributed by atoms with Gasteiger partial charge in [0.05, 0.1) is 32.3 Å². The quantitative estimate of drug-likeness (QED) is 0.409. The third-order valence-corrected chi connectivity index (χ3v) is 1.74. The molecule has 99 valence electrons. The maximum absolute atomic E-state index is 11.1. The Morgan fingerprint density at radius 3 is 1.33 bits per heavy atom. The Hall–Kier alpha value is -2.46. The van der Waals surface area contributed by atoms with E-state index in [4.69, 9.17) is 0 Å². The first-order chi connectivity index (χ1) is 7.77. The van der Waals surface area contributed by atoms with Crippen LogP contribution in [-0.4, -0.2) is 14.8 Å². The zero-order chi connectivity index (χ0) is 13.3. The van der Waals surface area contributed by atoms with Gasteiger partial charge in [0.15, 0.2) is 0 Å². The Labute approximate surface area is 108 Å². The van der Waals surface area contributed by atoms with Crippen molar-refractivity contribution in [3.63, 3.8) is 0 Å². The van der Waals surface area contributed by atoms with Gasteiger partial charge in [-0.1, -0.05) is 0 Å². The van der Waals surface area contributed by atoms with Crippen molar-refractivity contribution in [1.82, 2.24) is 0 Å². The molecule has 0 aliphatic heterocycles. The summed E-state index contributed by atoms with van der Waals surface area (Å²) < 4.78 is 0. The van der Waals surface area contributed by atoms with Gasteiger partial charge < -0.3 is 10.2 Å². The van der Waals surface area contributed by atoms with Crippen molar-refractivity contribution in [3.8, 4) is 11.5 Å². The Balaban J connectivity index is 0.00000289. The maximum atomic E-state index is 11.1. The summed E-state index contributed by atoms with van der Waals surface area (Å²) in [5.74, 6) is -3.51. The molecule has 11 nitrogen and oxygen atoms in total. The van der Waals surface area contributed by atoms with Crippen LogP contribution in [0.15, 0.2) is 6.07 Å². The van der Waals surface area contributed by atoms with Crippen LogP contribution in [0.2, 0.25) is 0 Å². The van der Waals surface area contributed by atoms with Gasteiger partial charge in [-0.15, -0.1) is 0 Å². The van der Waals surface area contributed by atoms with Crippen LogP contribution in [0.25, 0.3) is 0 Å². The van der Waals surface area contributed by atoms with Crippen LogP contribution in [0.1, 0.15) is 0 Å². The molecule has 0 heterocycles. The molecule has 0 bridgehead atoms. The van der Waals surface area contributed by atoms with E-state index in [-0.39, 0.29) is 23.1 Å². The van der Waals surface area contributed by atoms with Crippen molar-refractivity contribution >= 4 is 17.1 Å². The first-order valence-electron chi connectivity index (χ1n) is 3.75. The summed E-state index contributed by atoms with van der Waals surface area (Å²) >= 11 is 0. The van der Waals surface area contributed by atoms with E-state index in [0.717, 1.165) is 0 Å². The van der Waals surface area contributed by atoms with Crippen LogP contribution >= 0.6 is 0 Å². The molecule has 0 unspecified atom stereocenters. The first kappa shape index (κ1) is 15.5. The van der Waals surface area contributed by atoms with Crippen LogP contribution < -0.4 is 10.2 Å². The number of nitrogens with zero attached hydrogens (tertiary/aromatic N) is 3. The molecule has 0 aliphatic rings. The first-order valence-corrected chi connectivity index (χ1v) is 3.75. The van der Waals surface area contributed by atoms with Gasteiger partial charge in [-0.25, -0.2) is 0 Å². The normalized spacial score (nSPS) is 9.33. The molecule has 18 heavy (non-hydrogen) atoms. The minimum absolute atomic E-state index is 0. The minimum Gasteiger partial charge on any atom is -0.863 e. The summed E-state index contributed by atoms with van der Waals surface area (Å²) in [6, 6.07) is 0.109. The molecule has 0 aliphatic carbocycles. The van der Waals surface area contributed by atoms with Gasteiger partial charge in [0.2, 0.25) is 0 Å². The largest absolute Gasteiger partial charge is 2.00 e. The second-order valence-electron chi connectivity index (χ2n) is 2.69. The van der Waals surface area contributed by atoms with Crippen LogP contribution in [0.5, 0.6) is 11.5 Å². The standard InChI is InChI=1S/C6H3N3O8.Cu/c10-5-2(7(12)13)1-3(8(14)15)6(11)4(5)9(16)17;/h1,10-11H;/q;+2/p-2. The summed E-state index contributed by atoms with van der Waals surface area (Å²) in [4.78, 5) is 26.9. The number of nitro groups is 3. The topological polar surface area (TPSA) is 176 Å². The molecule has 0 N–H and O–H groups in total. The Kier molecular flexibility index (Phi) is 4.53. The molecule has 0 aromatic heterocycles. The Morgan fingerprint density at radius 2 is 1.11 bits per heavy atom. The number of rotatable bonds is 3. The van der Waals surface area contributed by atoms with E-state index in [2.05, 4.69) is 0 Å². The van der Waals surface area contributed by atoms with Gasteiger partial charge in [0.1, 0.15) is 0 Å². The monoisotopic (exact) mass is 306 g/mol. The molecule has 1 rings (SSSR count). The third-order valence-electron chi connectivity index (χ3n) is 1.74. The van der Waals surface area contributed by atoms with E-state index < -0.39 is 43.3 Å². The van der Waals surface area contributed by atoms with Crippen molar-refractivity contribution in [2.75, 3.05) is 0 Å². The second kappa shape index (κ2) is 5.25. The van der Waals surface area contributed by atoms with Crippen LogP contribution in [0.3, 0.4) is 0 Å². The van der Waals surface area contributed by atoms with Crippen LogP contribution in [0.4, 0.5) is 17.1 Å². The van der Waals surface area contributed by atoms with E-state index in [9.17, 15) is 40.6 Å². The number of hydrogen-bond acceptors (Lipinski definition) is 8. The van der Waals surface area contributed by atoms with Crippen LogP contribution in [0, 0.1) is 30.3 Å². The average Bonchev–Trinajstić information content (AvgIpc) is 2.15. The number of nitro benzene ring substituents is 3. The second-order valence-corrected chi connectivity index (χ2v) is 2.69. The molecule has 0 saturated carbocycles. The maximum Gasteiger partial charge on any atom is 2.00 e. The van der Waals surface area contributed by atoms with E-state index in [1.54, 1.807) is 0 Å². The van der Waals surface area contributed by atoms with E-state index >= 15 is 0 Å². The molecule has 0 saturated heterocycles. The molecule has 1 aromatic carbocycles. The predicted octanol–water partition coefficient (Wildman–Crippen LogP) is -0.444. The summed E-state index contributed by atoms with van der Waals surface area (Å²) in [6.07, 6.45) is 0. The van der Waals surface area contributed by atoms with Crippen molar-refractivity contribution in [2.24, 2.45) is 0 Å². The Morgan fingerprint density at radius 1 is 0.778 bits per heavy atom. The van der Waals surface area contributed by atoms with Gasteiger partial charge in [-0.05, 0) is 0 Å². The van der Waals surface area contributed by atoms with Crippen LogP contribution in [-0.2, 0) is 17.1 Å². The fourth-order valence-electron chi connectivity index (χ4n) is 1.04. The van der Waals surface area contributed by atoms with Gasteiger partial charge in [0, 0.05) is 0 Å². The average molecular weight is 307 g/mol. The zero-order valence-corrected chi connectivity index (χ0v) is 8.93. The SMILES string of the molecule is O=[N+]([O-])c1cc([N+](=O)[O-])c([O-])c([N+](=O)[O-])c1[O-].[Cu+2]. The molecular weight excluding hydrogens is 306 g/mol. The van der Waals surface area contributed by atoms with Gasteiger partial charge >= 0.3 is 17.1 Å². The summed E-state index contributed by atoms with van der Waals surface area (Å²) in [6.45, 7) is 0.